The third-order valence-electron chi connectivity index (χ3n) is 13.0. The van der Waals surface area contributed by atoms with Crippen molar-refractivity contribution >= 4 is 74.4 Å². The van der Waals surface area contributed by atoms with E-state index in [4.69, 9.17) is 9.47 Å². The first-order valence-electron chi connectivity index (χ1n) is 19.4. The molecule has 52 heavy (non-hydrogen) atoms. The third kappa shape index (κ3) is 4.94. The number of fused-ring (bicyclic) bond motifs is 8. The molecule has 2 aromatic heterocycles. The standard InChI is InChI=1S/C44H42N2O4S2/c47-43-27-9-1-7-15-39(27)51-41-21-25(17-19-29(41)43)45-31-11-3-5-13-35(31)49-37-24-34-38(23-33(37)45)50-36-14-6-4-12-32(36)46(34)26-18-20-30-42(22-26)52-40-16-8-2-10-28(40)44(30)48/h1-2,7-10,15-22,31-38H,3-6,11-14,23-24H2. The molecule has 5 fully saturated rings. The van der Waals surface area contributed by atoms with Crippen molar-refractivity contribution in [2.24, 2.45) is 0 Å². The van der Waals surface area contributed by atoms with Crippen LogP contribution in [0.5, 0.6) is 0 Å². The molecule has 6 nitrogen and oxygen atoms in total. The van der Waals surface area contributed by atoms with Crippen LogP contribution < -0.4 is 20.7 Å². The molecule has 2 aliphatic heterocycles. The van der Waals surface area contributed by atoms with Crippen molar-refractivity contribution in [1.82, 2.24) is 0 Å². The van der Waals surface area contributed by atoms with Gasteiger partial charge in [-0.05, 0) is 99.2 Å². The van der Waals surface area contributed by atoms with Gasteiger partial charge in [-0.2, -0.15) is 0 Å². The van der Waals surface area contributed by atoms with Crippen LogP contribution in [0.2, 0.25) is 0 Å². The highest BCUT2D eigenvalue weighted by atomic mass is 32.1. The lowest BCUT2D eigenvalue weighted by Crippen LogP contribution is -2.71. The van der Waals surface area contributed by atoms with Crippen LogP contribution in [0, 0.1) is 0 Å². The molecule has 8 atom stereocenters. The first kappa shape index (κ1) is 31.7. The van der Waals surface area contributed by atoms with Crippen molar-refractivity contribution in [1.29, 1.82) is 0 Å². The van der Waals surface area contributed by atoms with Crippen LogP contribution >= 0.6 is 22.7 Å². The van der Waals surface area contributed by atoms with Crippen molar-refractivity contribution in [2.45, 2.75) is 113 Å². The first-order chi connectivity index (χ1) is 25.6. The number of anilines is 2. The molecule has 0 radical (unpaired) electrons. The maximum Gasteiger partial charge on any atom is 0.195 e. The fraction of sp³-hybridized carbons (Fsp3) is 0.409. The van der Waals surface area contributed by atoms with Crippen LogP contribution in [0.25, 0.3) is 40.3 Å². The molecule has 0 N–H and O–H groups in total. The predicted molar refractivity (Wildman–Crippen MR) is 215 cm³/mol. The van der Waals surface area contributed by atoms with E-state index in [2.05, 4.69) is 58.3 Å². The molecule has 0 bridgehead atoms. The Labute approximate surface area is 310 Å². The maximum atomic E-state index is 13.5. The van der Waals surface area contributed by atoms with E-state index in [1.165, 1.54) is 37.1 Å². The minimum Gasteiger partial charge on any atom is -0.371 e. The van der Waals surface area contributed by atoms with E-state index in [0.29, 0.717) is 12.1 Å². The summed E-state index contributed by atoms with van der Waals surface area (Å²) in [6.07, 6.45) is 11.7. The van der Waals surface area contributed by atoms with Crippen molar-refractivity contribution in [3.05, 3.63) is 105 Å². The molecule has 8 unspecified atom stereocenters. The molecule has 6 aromatic rings. The zero-order chi connectivity index (χ0) is 34.5. The van der Waals surface area contributed by atoms with E-state index >= 15 is 0 Å². The van der Waals surface area contributed by atoms with Crippen LogP contribution in [0.3, 0.4) is 0 Å². The summed E-state index contributed by atoms with van der Waals surface area (Å²) in [5.41, 5.74) is 2.68. The Balaban J connectivity index is 0.996. The molecular formula is C44H42N2O4S2. The van der Waals surface area contributed by atoms with Crippen molar-refractivity contribution in [3.8, 4) is 0 Å². The van der Waals surface area contributed by atoms with Crippen molar-refractivity contribution in [2.75, 3.05) is 9.80 Å². The molecule has 3 aliphatic carbocycles. The van der Waals surface area contributed by atoms with E-state index in [9.17, 15) is 9.59 Å². The number of hydrogen-bond acceptors (Lipinski definition) is 8. The molecule has 8 heteroatoms. The minimum absolute atomic E-state index is 0.0818. The summed E-state index contributed by atoms with van der Waals surface area (Å²) in [6.45, 7) is 0. The Morgan fingerprint density at radius 1 is 0.462 bits per heavy atom. The lowest BCUT2D eigenvalue weighted by atomic mass is 9.76. The Hall–Kier alpha value is -3.82. The van der Waals surface area contributed by atoms with E-state index in [-0.39, 0.29) is 47.4 Å². The highest BCUT2D eigenvalue weighted by Gasteiger charge is 2.54. The Kier molecular flexibility index (Phi) is 7.54. The number of nitrogens with zero attached hydrogens (tertiary/aromatic N) is 2. The third-order valence-corrected chi connectivity index (χ3v) is 15.3. The number of hydrogen-bond donors (Lipinski definition) is 0. The molecule has 11 rings (SSSR count). The summed E-state index contributed by atoms with van der Waals surface area (Å²) >= 11 is 3.45. The number of rotatable bonds is 2. The topological polar surface area (TPSA) is 59.1 Å². The van der Waals surface area contributed by atoms with E-state index in [1.807, 2.05) is 36.4 Å². The summed E-state index contributed by atoms with van der Waals surface area (Å²) in [5, 5.41) is 3.23. The second kappa shape index (κ2) is 12.4. The molecule has 4 heterocycles. The van der Waals surface area contributed by atoms with Gasteiger partial charge in [-0.25, -0.2) is 0 Å². The lowest BCUT2D eigenvalue weighted by molar-refractivity contribution is -0.154. The molecule has 5 aliphatic rings. The minimum atomic E-state index is 0.0818. The average molecular weight is 727 g/mol. The van der Waals surface area contributed by atoms with Gasteiger partial charge >= 0.3 is 0 Å². The summed E-state index contributed by atoms with van der Waals surface area (Å²) in [4.78, 5) is 32.5. The second-order valence-corrected chi connectivity index (χ2v) is 17.9. The number of benzene rings is 4. The molecular weight excluding hydrogens is 685 g/mol. The SMILES string of the molecule is O=c1c2ccccc2sc2cc(N3C4CCCCC4OC4CC5C(CC43)OC3CCCCC3N5c3ccc4c(=O)c5ccccc5sc4c3)ccc12. The van der Waals surface area contributed by atoms with Crippen molar-refractivity contribution in [3.63, 3.8) is 0 Å². The van der Waals surface area contributed by atoms with Crippen molar-refractivity contribution < 1.29 is 9.47 Å². The molecule has 264 valence electrons. The van der Waals surface area contributed by atoms with Gasteiger partial charge in [0.25, 0.3) is 0 Å². The average Bonchev–Trinajstić information content (AvgIpc) is 3.18. The quantitative estimate of drug-likeness (QED) is 0.166. The van der Waals surface area contributed by atoms with E-state index in [1.54, 1.807) is 22.7 Å². The fourth-order valence-corrected chi connectivity index (χ4v) is 12.9. The number of morpholine rings is 2. The molecule has 0 amide bonds. The zero-order valence-electron chi connectivity index (χ0n) is 29.1. The molecule has 4 aromatic carbocycles. The van der Waals surface area contributed by atoms with Gasteiger partial charge in [0, 0.05) is 51.7 Å². The Morgan fingerprint density at radius 3 is 1.37 bits per heavy atom. The Morgan fingerprint density at radius 2 is 0.885 bits per heavy atom. The normalized spacial score (nSPS) is 30.2. The van der Waals surface area contributed by atoms with Crippen LogP contribution in [0.15, 0.2) is 94.5 Å². The summed E-state index contributed by atoms with van der Waals surface area (Å²) in [6, 6.07) is 30.2. The van der Waals surface area contributed by atoms with Gasteiger partial charge in [-0.1, -0.05) is 49.9 Å². The highest BCUT2D eigenvalue weighted by Crippen LogP contribution is 2.48. The van der Waals surface area contributed by atoms with Gasteiger partial charge in [0.05, 0.1) is 48.6 Å². The predicted octanol–water partition coefficient (Wildman–Crippen LogP) is 9.41. The highest BCUT2D eigenvalue weighted by molar-refractivity contribution is 7.25. The van der Waals surface area contributed by atoms with Crippen LogP contribution in [-0.4, -0.2) is 48.6 Å². The maximum absolute atomic E-state index is 13.5. The Bertz CT molecular complexity index is 2320. The monoisotopic (exact) mass is 726 g/mol. The van der Waals surface area contributed by atoms with Crippen LogP contribution in [-0.2, 0) is 9.47 Å². The molecule has 3 saturated carbocycles. The van der Waals surface area contributed by atoms with Crippen LogP contribution in [0.4, 0.5) is 11.4 Å². The fourth-order valence-electron chi connectivity index (χ4n) is 10.7. The summed E-state index contributed by atoms with van der Waals surface area (Å²) in [7, 11) is 0. The smallest absolute Gasteiger partial charge is 0.195 e. The van der Waals surface area contributed by atoms with Gasteiger partial charge in [-0.15, -0.1) is 22.7 Å². The molecule has 0 spiro atoms. The van der Waals surface area contributed by atoms with Gasteiger partial charge in [-0.3, -0.25) is 9.59 Å². The summed E-state index contributed by atoms with van der Waals surface area (Å²) < 4.78 is 18.6. The van der Waals surface area contributed by atoms with E-state index in [0.717, 1.165) is 78.9 Å². The zero-order valence-corrected chi connectivity index (χ0v) is 30.7. The largest absolute Gasteiger partial charge is 0.371 e. The van der Waals surface area contributed by atoms with Crippen LogP contribution in [0.1, 0.15) is 64.2 Å². The van der Waals surface area contributed by atoms with Gasteiger partial charge in [0.1, 0.15) is 0 Å². The van der Waals surface area contributed by atoms with Gasteiger partial charge in [0.15, 0.2) is 10.9 Å². The summed E-state index contributed by atoms with van der Waals surface area (Å²) in [5.74, 6) is 0. The van der Waals surface area contributed by atoms with Gasteiger partial charge in [0.2, 0.25) is 0 Å². The molecule has 2 saturated heterocycles. The van der Waals surface area contributed by atoms with Gasteiger partial charge < -0.3 is 19.3 Å². The number of ether oxygens (including phenoxy) is 2. The second-order valence-electron chi connectivity index (χ2n) is 15.8. The lowest BCUT2D eigenvalue weighted by Gasteiger charge is -2.61. The first-order valence-corrected chi connectivity index (χ1v) is 21.0. The van der Waals surface area contributed by atoms with E-state index < -0.39 is 0 Å².